The van der Waals surface area contributed by atoms with Gasteiger partial charge in [-0.3, -0.25) is 20.2 Å². The van der Waals surface area contributed by atoms with Crippen molar-refractivity contribution >= 4 is 62.6 Å². The van der Waals surface area contributed by atoms with Crippen molar-refractivity contribution in [1.29, 1.82) is 0 Å². The Morgan fingerprint density at radius 2 is 1.72 bits per heavy atom. The van der Waals surface area contributed by atoms with E-state index in [2.05, 4.69) is 5.92 Å². The van der Waals surface area contributed by atoms with E-state index in [0.717, 1.165) is 0 Å². The number of rotatable bonds is 4. The molecule has 0 bridgehead atoms. The normalized spacial score (nSPS) is 13.5. The standard InChI is InChI=1S/2C11H10INO3/c1-11(2)6-5-7-9(16-11)4-3-8(12)10(7)13(14)15;1-4-11(2,3)16-8-5-6-9(12)10(7-8)13(14)15/h3-6H,1-2H3;1,5-7H,2-3H3. The third-order valence-electron chi connectivity index (χ3n) is 4.17. The van der Waals surface area contributed by atoms with Crippen LogP contribution in [0.5, 0.6) is 11.5 Å². The first-order valence-corrected chi connectivity index (χ1v) is 11.4. The SMILES string of the molecule is C#CC(C)(C)Oc1ccc(I)c([N+](=O)[O-])c1.CC1(C)C=Cc2c(ccc(I)c2[N+](=O)[O-])O1. The number of benzene rings is 2. The molecule has 0 aromatic heterocycles. The average molecular weight is 662 g/mol. The molecule has 168 valence electrons. The minimum atomic E-state index is -0.777. The van der Waals surface area contributed by atoms with Crippen molar-refractivity contribution in [3.63, 3.8) is 0 Å². The number of terminal acetylenes is 1. The van der Waals surface area contributed by atoms with Gasteiger partial charge in [0.1, 0.15) is 17.1 Å². The highest BCUT2D eigenvalue weighted by molar-refractivity contribution is 14.1. The molecule has 0 fully saturated rings. The van der Waals surface area contributed by atoms with Crippen molar-refractivity contribution in [2.45, 2.75) is 38.9 Å². The molecule has 1 aliphatic rings. The number of hydrogen-bond donors (Lipinski definition) is 0. The van der Waals surface area contributed by atoms with Gasteiger partial charge in [0.25, 0.3) is 11.4 Å². The Kier molecular flexibility index (Phi) is 8.11. The Bertz CT molecular complexity index is 1140. The van der Waals surface area contributed by atoms with Gasteiger partial charge < -0.3 is 9.47 Å². The Hall–Kier alpha value is -2.40. The van der Waals surface area contributed by atoms with Crippen molar-refractivity contribution in [3.8, 4) is 23.8 Å². The molecule has 0 spiro atoms. The Morgan fingerprint density at radius 1 is 1.09 bits per heavy atom. The summed E-state index contributed by atoms with van der Waals surface area (Å²) in [7, 11) is 0. The lowest BCUT2D eigenvalue weighted by Crippen LogP contribution is -2.27. The predicted octanol–water partition coefficient (Wildman–Crippen LogP) is 6.37. The molecule has 3 rings (SSSR count). The fourth-order valence-electron chi connectivity index (χ4n) is 2.62. The van der Waals surface area contributed by atoms with Crippen LogP contribution in [-0.2, 0) is 0 Å². The molecule has 0 saturated heterocycles. The maximum absolute atomic E-state index is 11.0. The molecule has 0 saturated carbocycles. The van der Waals surface area contributed by atoms with Gasteiger partial charge in [-0.2, -0.15) is 0 Å². The van der Waals surface area contributed by atoms with Gasteiger partial charge in [-0.05, 0) is 109 Å². The van der Waals surface area contributed by atoms with E-state index >= 15 is 0 Å². The van der Waals surface area contributed by atoms with Gasteiger partial charge in [0.15, 0.2) is 5.60 Å². The van der Waals surface area contributed by atoms with Gasteiger partial charge in [0.05, 0.1) is 28.6 Å². The minimum Gasteiger partial charge on any atom is -0.483 e. The molecule has 0 aliphatic carbocycles. The largest absolute Gasteiger partial charge is 0.483 e. The van der Waals surface area contributed by atoms with Gasteiger partial charge in [-0.25, -0.2) is 0 Å². The van der Waals surface area contributed by atoms with E-state index in [1.165, 1.54) is 6.07 Å². The van der Waals surface area contributed by atoms with Crippen LogP contribution in [0.4, 0.5) is 11.4 Å². The number of fused-ring (bicyclic) bond motifs is 1. The second kappa shape index (κ2) is 10.0. The molecule has 0 radical (unpaired) electrons. The Balaban J connectivity index is 0.000000227. The summed E-state index contributed by atoms with van der Waals surface area (Å²) in [6, 6.07) is 8.14. The lowest BCUT2D eigenvalue weighted by Gasteiger charge is -2.27. The molecule has 10 heteroatoms. The van der Waals surface area contributed by atoms with Crippen LogP contribution in [0.2, 0.25) is 0 Å². The Labute approximate surface area is 213 Å². The summed E-state index contributed by atoms with van der Waals surface area (Å²) in [4.78, 5) is 20.9. The van der Waals surface area contributed by atoms with Gasteiger partial charge in [-0.15, -0.1) is 6.42 Å². The third kappa shape index (κ3) is 6.55. The minimum absolute atomic E-state index is 0.0194. The molecule has 2 aromatic rings. The summed E-state index contributed by atoms with van der Waals surface area (Å²) < 4.78 is 12.3. The molecule has 0 unspecified atom stereocenters. The number of halogens is 2. The van der Waals surface area contributed by atoms with Crippen LogP contribution in [0.15, 0.2) is 36.4 Å². The summed E-state index contributed by atoms with van der Waals surface area (Å²) in [6.45, 7) is 7.26. The molecule has 0 N–H and O–H groups in total. The second-order valence-electron chi connectivity index (χ2n) is 7.73. The third-order valence-corrected chi connectivity index (χ3v) is 5.95. The number of nitro groups is 2. The van der Waals surface area contributed by atoms with Crippen LogP contribution >= 0.6 is 45.2 Å². The highest BCUT2D eigenvalue weighted by Crippen LogP contribution is 2.39. The van der Waals surface area contributed by atoms with Gasteiger partial charge in [0.2, 0.25) is 0 Å². The van der Waals surface area contributed by atoms with Crippen LogP contribution in [-0.4, -0.2) is 21.0 Å². The highest BCUT2D eigenvalue weighted by atomic mass is 127. The molecule has 2 aromatic carbocycles. The summed E-state index contributed by atoms with van der Waals surface area (Å²) >= 11 is 3.86. The zero-order valence-corrected chi connectivity index (χ0v) is 22.0. The second-order valence-corrected chi connectivity index (χ2v) is 10.1. The monoisotopic (exact) mass is 662 g/mol. The van der Waals surface area contributed by atoms with Crippen LogP contribution in [0.25, 0.3) is 6.08 Å². The summed E-state index contributed by atoms with van der Waals surface area (Å²) in [6.07, 6.45) is 8.87. The molecular formula is C22H20I2N2O6. The van der Waals surface area contributed by atoms with Gasteiger partial charge in [-0.1, -0.05) is 5.92 Å². The first-order valence-electron chi connectivity index (χ1n) is 9.22. The van der Waals surface area contributed by atoms with E-state index in [1.807, 2.05) is 65.1 Å². The van der Waals surface area contributed by atoms with E-state index in [1.54, 1.807) is 44.2 Å². The van der Waals surface area contributed by atoms with E-state index in [4.69, 9.17) is 15.9 Å². The molecular weight excluding hydrogens is 642 g/mol. The van der Waals surface area contributed by atoms with E-state index in [0.29, 0.717) is 24.2 Å². The van der Waals surface area contributed by atoms with Crippen LogP contribution in [0, 0.1) is 39.7 Å². The summed E-state index contributed by atoms with van der Waals surface area (Å²) in [5.74, 6) is 3.43. The lowest BCUT2D eigenvalue weighted by atomic mass is 10.0. The zero-order chi connectivity index (χ0) is 24.3. The lowest BCUT2D eigenvalue weighted by molar-refractivity contribution is -0.386. The topological polar surface area (TPSA) is 105 Å². The summed E-state index contributed by atoms with van der Waals surface area (Å²) in [5, 5.41) is 21.7. The number of nitrogens with zero attached hydrogens (tertiary/aromatic N) is 2. The van der Waals surface area contributed by atoms with E-state index in [9.17, 15) is 20.2 Å². The van der Waals surface area contributed by atoms with Crippen LogP contribution in [0.3, 0.4) is 0 Å². The van der Waals surface area contributed by atoms with Crippen LogP contribution < -0.4 is 9.47 Å². The highest BCUT2D eigenvalue weighted by Gasteiger charge is 2.28. The fraction of sp³-hybridized carbons (Fsp3) is 0.273. The number of nitro benzene ring substituents is 2. The first kappa shape index (κ1) is 25.9. The maximum atomic E-state index is 11.0. The molecule has 1 heterocycles. The quantitative estimate of drug-likeness (QED) is 0.163. The average Bonchev–Trinajstić information content (AvgIpc) is 2.69. The first-order chi connectivity index (χ1) is 14.8. The number of hydrogen-bond acceptors (Lipinski definition) is 6. The predicted molar refractivity (Wildman–Crippen MR) is 139 cm³/mol. The van der Waals surface area contributed by atoms with Crippen molar-refractivity contribution in [3.05, 3.63) is 69.3 Å². The fourth-order valence-corrected chi connectivity index (χ4v) is 3.82. The molecule has 0 atom stereocenters. The van der Waals surface area contributed by atoms with Crippen molar-refractivity contribution in [2.75, 3.05) is 0 Å². The van der Waals surface area contributed by atoms with Crippen molar-refractivity contribution in [2.24, 2.45) is 0 Å². The van der Waals surface area contributed by atoms with Crippen LogP contribution in [0.1, 0.15) is 33.3 Å². The van der Waals surface area contributed by atoms with Gasteiger partial charge in [0, 0.05) is 0 Å². The van der Waals surface area contributed by atoms with E-state index < -0.39 is 16.1 Å². The Morgan fingerprint density at radius 3 is 2.28 bits per heavy atom. The van der Waals surface area contributed by atoms with Crippen molar-refractivity contribution < 1.29 is 19.3 Å². The molecule has 32 heavy (non-hydrogen) atoms. The molecule has 0 amide bonds. The maximum Gasteiger partial charge on any atom is 0.293 e. The smallest absolute Gasteiger partial charge is 0.293 e. The van der Waals surface area contributed by atoms with E-state index in [-0.39, 0.29) is 16.3 Å². The number of ether oxygens (including phenoxy) is 2. The van der Waals surface area contributed by atoms with Gasteiger partial charge >= 0.3 is 0 Å². The molecule has 8 nitrogen and oxygen atoms in total. The van der Waals surface area contributed by atoms with Crippen molar-refractivity contribution in [1.82, 2.24) is 0 Å². The zero-order valence-electron chi connectivity index (χ0n) is 17.7. The molecule has 1 aliphatic heterocycles. The summed E-state index contributed by atoms with van der Waals surface area (Å²) in [5.41, 5.74) is -0.499.